The van der Waals surface area contributed by atoms with Crippen LogP contribution in [-0.4, -0.2) is 63.9 Å². The maximum Gasteiger partial charge on any atom is 0.255 e. The summed E-state index contributed by atoms with van der Waals surface area (Å²) in [4.78, 5) is 27.0. The number of nitrogens with zero attached hydrogens (tertiary/aromatic N) is 2. The molecule has 2 heterocycles. The number of hydrogen-bond acceptors (Lipinski definition) is 6. The number of benzene rings is 2. The van der Waals surface area contributed by atoms with Crippen LogP contribution in [0, 0.1) is 0 Å². The standard InChI is InChI=1S/C23H28N4O5S/c24-22(28)18-6-9-21(26-10-2-1-3-11-26)20(16-18)25-23(29)17-4-7-19(8-5-17)33(30,31)27-12-14-32-15-13-27/h4-9,16H,1-3,10-15H2,(H2,24,28)(H,25,29). The lowest BCUT2D eigenvalue weighted by atomic mass is 10.1. The van der Waals surface area contributed by atoms with Crippen LogP contribution in [0.15, 0.2) is 47.4 Å². The lowest BCUT2D eigenvalue weighted by molar-refractivity contribution is 0.0730. The van der Waals surface area contributed by atoms with Crippen LogP contribution in [0.1, 0.15) is 40.0 Å². The van der Waals surface area contributed by atoms with Gasteiger partial charge in [0, 0.05) is 37.3 Å². The van der Waals surface area contributed by atoms with Gasteiger partial charge in [0.2, 0.25) is 15.9 Å². The van der Waals surface area contributed by atoms with Crippen molar-refractivity contribution in [3.8, 4) is 0 Å². The number of morpholine rings is 1. The highest BCUT2D eigenvalue weighted by Gasteiger charge is 2.26. The highest BCUT2D eigenvalue weighted by Crippen LogP contribution is 2.30. The van der Waals surface area contributed by atoms with Crippen molar-refractivity contribution in [2.45, 2.75) is 24.2 Å². The first-order chi connectivity index (χ1) is 15.9. The molecule has 2 aliphatic heterocycles. The van der Waals surface area contributed by atoms with Crippen LogP contribution in [0.4, 0.5) is 11.4 Å². The maximum absolute atomic E-state index is 13.0. The van der Waals surface area contributed by atoms with E-state index in [4.69, 9.17) is 10.5 Å². The predicted molar refractivity (Wildman–Crippen MR) is 125 cm³/mol. The van der Waals surface area contributed by atoms with Gasteiger partial charge in [-0.3, -0.25) is 9.59 Å². The van der Waals surface area contributed by atoms with E-state index in [-0.39, 0.29) is 4.90 Å². The largest absolute Gasteiger partial charge is 0.379 e. The second kappa shape index (κ2) is 9.90. The molecule has 0 aromatic heterocycles. The number of carbonyl (C=O) groups excluding carboxylic acids is 2. The number of rotatable bonds is 6. The molecule has 4 rings (SSSR count). The first-order valence-electron chi connectivity index (χ1n) is 11.0. The van der Waals surface area contributed by atoms with Gasteiger partial charge in [0.1, 0.15) is 0 Å². The number of amides is 2. The topological polar surface area (TPSA) is 122 Å². The van der Waals surface area contributed by atoms with E-state index in [1.165, 1.54) is 28.6 Å². The molecule has 0 unspecified atom stereocenters. The minimum absolute atomic E-state index is 0.130. The Kier molecular flexibility index (Phi) is 6.96. The van der Waals surface area contributed by atoms with E-state index in [0.29, 0.717) is 43.1 Å². The molecule has 10 heteroatoms. The number of sulfonamides is 1. The molecule has 9 nitrogen and oxygen atoms in total. The first kappa shape index (κ1) is 23.2. The molecular weight excluding hydrogens is 444 g/mol. The summed E-state index contributed by atoms with van der Waals surface area (Å²) in [5.41, 5.74) is 7.39. The van der Waals surface area contributed by atoms with Crippen LogP contribution in [0.5, 0.6) is 0 Å². The fraction of sp³-hybridized carbons (Fsp3) is 0.391. The molecule has 33 heavy (non-hydrogen) atoms. The van der Waals surface area contributed by atoms with Crippen molar-refractivity contribution >= 4 is 33.2 Å². The van der Waals surface area contributed by atoms with Gasteiger partial charge in [-0.1, -0.05) is 0 Å². The molecule has 2 aromatic rings. The van der Waals surface area contributed by atoms with E-state index in [0.717, 1.165) is 38.0 Å². The number of carbonyl (C=O) groups is 2. The molecule has 176 valence electrons. The van der Waals surface area contributed by atoms with Crippen molar-refractivity contribution in [2.24, 2.45) is 5.73 Å². The molecule has 0 bridgehead atoms. The third-order valence-corrected chi connectivity index (χ3v) is 7.86. The van der Waals surface area contributed by atoms with Gasteiger partial charge < -0.3 is 20.7 Å². The number of nitrogens with two attached hydrogens (primary N) is 1. The van der Waals surface area contributed by atoms with Gasteiger partial charge >= 0.3 is 0 Å². The number of ether oxygens (including phenoxy) is 1. The molecule has 0 atom stereocenters. The van der Waals surface area contributed by atoms with E-state index in [2.05, 4.69) is 10.2 Å². The minimum atomic E-state index is -3.64. The molecule has 0 saturated carbocycles. The van der Waals surface area contributed by atoms with Crippen molar-refractivity contribution in [1.82, 2.24) is 4.31 Å². The Morgan fingerprint density at radius 3 is 2.15 bits per heavy atom. The zero-order valence-electron chi connectivity index (χ0n) is 18.3. The van der Waals surface area contributed by atoms with Crippen LogP contribution in [0.2, 0.25) is 0 Å². The zero-order chi connectivity index (χ0) is 23.4. The fourth-order valence-corrected chi connectivity index (χ4v) is 5.52. The van der Waals surface area contributed by atoms with Crippen LogP contribution in [0.3, 0.4) is 0 Å². The van der Waals surface area contributed by atoms with Crippen LogP contribution in [0.25, 0.3) is 0 Å². The fourth-order valence-electron chi connectivity index (χ4n) is 4.11. The van der Waals surface area contributed by atoms with E-state index >= 15 is 0 Å². The quantitative estimate of drug-likeness (QED) is 0.664. The van der Waals surface area contributed by atoms with Crippen molar-refractivity contribution < 1.29 is 22.7 Å². The predicted octanol–water partition coefficient (Wildman–Crippen LogP) is 2.05. The number of hydrogen-bond donors (Lipinski definition) is 2. The summed E-state index contributed by atoms with van der Waals surface area (Å²) in [7, 11) is -3.64. The summed E-state index contributed by atoms with van der Waals surface area (Å²) in [6.45, 7) is 3.08. The SMILES string of the molecule is NC(=O)c1ccc(N2CCCCC2)c(NC(=O)c2ccc(S(=O)(=O)N3CCOCC3)cc2)c1. The zero-order valence-corrected chi connectivity index (χ0v) is 19.1. The minimum Gasteiger partial charge on any atom is -0.379 e. The summed E-state index contributed by atoms with van der Waals surface area (Å²) in [6.07, 6.45) is 3.28. The summed E-state index contributed by atoms with van der Waals surface area (Å²) in [5.74, 6) is -0.974. The Hall–Kier alpha value is -2.95. The van der Waals surface area contributed by atoms with Gasteiger partial charge in [-0.25, -0.2) is 8.42 Å². The molecule has 2 amide bonds. The van der Waals surface area contributed by atoms with Crippen molar-refractivity contribution in [2.75, 3.05) is 49.6 Å². The summed E-state index contributed by atoms with van der Waals surface area (Å²) in [6, 6.07) is 10.9. The Bertz CT molecular complexity index is 1120. The Labute approximate surface area is 193 Å². The van der Waals surface area contributed by atoms with E-state index in [1.807, 2.05) is 0 Å². The first-order valence-corrected chi connectivity index (χ1v) is 12.5. The van der Waals surface area contributed by atoms with Gasteiger partial charge in [-0.15, -0.1) is 0 Å². The third-order valence-electron chi connectivity index (χ3n) is 5.95. The average molecular weight is 473 g/mol. The molecule has 2 saturated heterocycles. The lowest BCUT2D eigenvalue weighted by Crippen LogP contribution is -2.40. The van der Waals surface area contributed by atoms with Crippen molar-refractivity contribution in [3.63, 3.8) is 0 Å². The molecular formula is C23H28N4O5S. The van der Waals surface area contributed by atoms with Gasteiger partial charge in [0.25, 0.3) is 5.91 Å². The van der Waals surface area contributed by atoms with Gasteiger partial charge in [0.05, 0.1) is 29.5 Å². The van der Waals surface area contributed by atoms with Crippen molar-refractivity contribution in [3.05, 3.63) is 53.6 Å². The van der Waals surface area contributed by atoms with Gasteiger partial charge in [-0.2, -0.15) is 4.31 Å². The average Bonchev–Trinajstić information content (AvgIpc) is 2.85. The molecule has 3 N–H and O–H groups in total. The number of primary amides is 1. The number of nitrogens with one attached hydrogen (secondary N) is 1. The third kappa shape index (κ3) is 5.18. The Morgan fingerprint density at radius 1 is 0.879 bits per heavy atom. The molecule has 0 aliphatic carbocycles. The Balaban J connectivity index is 1.55. The number of piperidine rings is 1. The van der Waals surface area contributed by atoms with Crippen LogP contribution < -0.4 is 16.0 Å². The second-order valence-corrected chi connectivity index (χ2v) is 10.1. The molecule has 2 fully saturated rings. The smallest absolute Gasteiger partial charge is 0.255 e. The van der Waals surface area contributed by atoms with E-state index in [9.17, 15) is 18.0 Å². The number of anilines is 2. The van der Waals surface area contributed by atoms with Gasteiger partial charge in [-0.05, 0) is 61.7 Å². The monoisotopic (exact) mass is 472 g/mol. The summed E-state index contributed by atoms with van der Waals surface area (Å²) < 4.78 is 32.2. The highest BCUT2D eigenvalue weighted by molar-refractivity contribution is 7.89. The molecule has 2 aliphatic rings. The van der Waals surface area contributed by atoms with Crippen molar-refractivity contribution in [1.29, 1.82) is 0 Å². The Morgan fingerprint density at radius 2 is 1.52 bits per heavy atom. The van der Waals surface area contributed by atoms with Gasteiger partial charge in [0.15, 0.2) is 0 Å². The van der Waals surface area contributed by atoms with E-state index < -0.39 is 21.8 Å². The normalized spacial score (nSPS) is 17.5. The highest BCUT2D eigenvalue weighted by atomic mass is 32.2. The summed E-state index contributed by atoms with van der Waals surface area (Å²) >= 11 is 0. The summed E-state index contributed by atoms with van der Waals surface area (Å²) in [5, 5.41) is 2.88. The van der Waals surface area contributed by atoms with E-state index in [1.54, 1.807) is 18.2 Å². The maximum atomic E-state index is 13.0. The second-order valence-electron chi connectivity index (χ2n) is 8.14. The van der Waals surface area contributed by atoms with Crippen LogP contribution in [-0.2, 0) is 14.8 Å². The lowest BCUT2D eigenvalue weighted by Gasteiger charge is -2.30. The molecule has 0 spiro atoms. The van der Waals surface area contributed by atoms with Crippen LogP contribution >= 0.6 is 0 Å². The molecule has 2 aromatic carbocycles. The molecule has 0 radical (unpaired) electrons.